The molecule has 0 atom stereocenters. The second-order valence-electron chi connectivity index (χ2n) is 4.46. The fraction of sp³-hybridized carbons (Fsp3) is 0.143. The molecule has 0 fully saturated rings. The minimum Gasteiger partial charge on any atom is -0.455 e. The van der Waals surface area contributed by atoms with Gasteiger partial charge in [-0.1, -0.05) is 0 Å². The van der Waals surface area contributed by atoms with Crippen molar-refractivity contribution in [3.05, 3.63) is 47.1 Å². The first-order valence-corrected chi connectivity index (χ1v) is 6.88. The number of nitrogens with two attached hydrogens (primary N) is 1. The first kappa shape index (κ1) is 12.7. The molecule has 2 aromatic heterocycles. The van der Waals surface area contributed by atoms with Crippen molar-refractivity contribution in [2.45, 2.75) is 6.61 Å². The topological polar surface area (TPSA) is 70.1 Å². The highest BCUT2D eigenvalue weighted by Gasteiger charge is 2.12. The van der Waals surface area contributed by atoms with Gasteiger partial charge in [0.15, 0.2) is 0 Å². The number of benzene rings is 1. The summed E-state index contributed by atoms with van der Waals surface area (Å²) in [6.07, 6.45) is 1.81. The largest absolute Gasteiger partial charge is 0.455 e. The van der Waals surface area contributed by atoms with Gasteiger partial charge in [0.05, 0.1) is 5.69 Å². The monoisotopic (exact) mass is 287 g/mol. The minimum absolute atomic E-state index is 0.177. The van der Waals surface area contributed by atoms with Gasteiger partial charge in [0.2, 0.25) is 0 Å². The molecule has 5 nitrogen and oxygen atoms in total. The Bertz CT molecular complexity index is 776. The Labute approximate surface area is 119 Å². The average Bonchev–Trinajstić information content (AvgIpc) is 3.01. The predicted molar refractivity (Wildman–Crippen MR) is 78.6 cm³/mol. The van der Waals surface area contributed by atoms with Crippen LogP contribution in [0.2, 0.25) is 0 Å². The number of ether oxygens (including phenoxy) is 1. The number of carbonyl (C=O) groups is 1. The van der Waals surface area contributed by atoms with Crippen molar-refractivity contribution in [2.75, 3.05) is 5.73 Å². The standard InChI is InChI=1S/C14H13N3O2S/c1-17-5-4-11(16-17)8-19-14(18)13-7-9-6-10(15)2-3-12(9)20-13/h2-7H,8,15H2,1H3. The van der Waals surface area contributed by atoms with Crippen molar-refractivity contribution < 1.29 is 9.53 Å². The number of nitrogen functional groups attached to an aromatic ring is 1. The minimum atomic E-state index is -0.338. The zero-order valence-electron chi connectivity index (χ0n) is 10.9. The summed E-state index contributed by atoms with van der Waals surface area (Å²) < 4.78 is 7.94. The molecule has 2 N–H and O–H groups in total. The first-order valence-electron chi connectivity index (χ1n) is 6.06. The number of hydrogen-bond acceptors (Lipinski definition) is 5. The number of esters is 1. The predicted octanol–water partition coefficient (Wildman–Crippen LogP) is 2.57. The summed E-state index contributed by atoms with van der Waals surface area (Å²) >= 11 is 1.40. The molecule has 0 aliphatic rings. The first-order chi connectivity index (χ1) is 9.61. The number of anilines is 1. The molecule has 3 rings (SSSR count). The molecule has 102 valence electrons. The lowest BCUT2D eigenvalue weighted by Crippen LogP contribution is -2.03. The molecule has 1 aromatic carbocycles. The van der Waals surface area contributed by atoms with Gasteiger partial charge in [0, 0.05) is 23.6 Å². The zero-order valence-corrected chi connectivity index (χ0v) is 11.7. The number of thiophene rings is 1. The Morgan fingerprint density at radius 1 is 1.40 bits per heavy atom. The molecule has 0 saturated heterocycles. The maximum Gasteiger partial charge on any atom is 0.348 e. The highest BCUT2D eigenvalue weighted by atomic mass is 32.1. The van der Waals surface area contributed by atoms with Crippen LogP contribution < -0.4 is 5.73 Å². The third-order valence-electron chi connectivity index (χ3n) is 2.86. The second-order valence-corrected chi connectivity index (χ2v) is 5.55. The highest BCUT2D eigenvalue weighted by Crippen LogP contribution is 2.27. The molecule has 0 amide bonds. The van der Waals surface area contributed by atoms with E-state index in [-0.39, 0.29) is 12.6 Å². The molecule has 0 unspecified atom stereocenters. The van der Waals surface area contributed by atoms with Crippen LogP contribution in [0.1, 0.15) is 15.4 Å². The number of nitrogens with zero attached hydrogens (tertiary/aromatic N) is 2. The molecule has 0 spiro atoms. The lowest BCUT2D eigenvalue weighted by molar-refractivity contribution is 0.0473. The van der Waals surface area contributed by atoms with E-state index in [2.05, 4.69) is 5.10 Å². The molecule has 2 heterocycles. The normalized spacial score (nSPS) is 10.8. The van der Waals surface area contributed by atoms with Gasteiger partial charge in [-0.2, -0.15) is 5.10 Å². The Morgan fingerprint density at radius 3 is 3.00 bits per heavy atom. The molecule has 0 aliphatic heterocycles. The van der Waals surface area contributed by atoms with Gasteiger partial charge < -0.3 is 10.5 Å². The summed E-state index contributed by atoms with van der Waals surface area (Å²) in [5, 5.41) is 5.12. The molecule has 3 aromatic rings. The van der Waals surface area contributed by atoms with Crippen LogP contribution in [0.15, 0.2) is 36.5 Å². The van der Waals surface area contributed by atoms with Crippen LogP contribution in [0.25, 0.3) is 10.1 Å². The summed E-state index contributed by atoms with van der Waals surface area (Å²) in [6, 6.07) is 9.20. The molecule has 0 bridgehead atoms. The number of hydrogen-bond donors (Lipinski definition) is 1. The van der Waals surface area contributed by atoms with E-state index in [4.69, 9.17) is 10.5 Å². The third kappa shape index (κ3) is 2.50. The number of aromatic nitrogens is 2. The van der Waals surface area contributed by atoms with Crippen molar-refractivity contribution in [3.63, 3.8) is 0 Å². The van der Waals surface area contributed by atoms with Crippen LogP contribution in [-0.2, 0) is 18.4 Å². The Morgan fingerprint density at radius 2 is 2.25 bits per heavy atom. The second kappa shape index (κ2) is 4.97. The summed E-state index contributed by atoms with van der Waals surface area (Å²) in [7, 11) is 1.82. The van der Waals surface area contributed by atoms with E-state index >= 15 is 0 Å². The van der Waals surface area contributed by atoms with Crippen molar-refractivity contribution >= 4 is 33.1 Å². The van der Waals surface area contributed by atoms with Crippen LogP contribution in [-0.4, -0.2) is 15.7 Å². The molecule has 0 aliphatic carbocycles. The van der Waals surface area contributed by atoms with Crippen molar-refractivity contribution in [1.29, 1.82) is 0 Å². The van der Waals surface area contributed by atoms with E-state index in [1.807, 2.05) is 37.5 Å². The Balaban J connectivity index is 1.75. The van der Waals surface area contributed by atoms with Gasteiger partial charge in [0.1, 0.15) is 11.5 Å². The smallest absolute Gasteiger partial charge is 0.348 e. The Hall–Kier alpha value is -2.34. The van der Waals surface area contributed by atoms with E-state index in [0.29, 0.717) is 10.6 Å². The van der Waals surface area contributed by atoms with Gasteiger partial charge >= 0.3 is 5.97 Å². The van der Waals surface area contributed by atoms with Crippen molar-refractivity contribution in [3.8, 4) is 0 Å². The highest BCUT2D eigenvalue weighted by molar-refractivity contribution is 7.20. The lowest BCUT2D eigenvalue weighted by Gasteiger charge is -1.99. The Kier molecular flexibility index (Phi) is 3.15. The maximum atomic E-state index is 12.0. The third-order valence-corrected chi connectivity index (χ3v) is 3.96. The number of aryl methyl sites for hydroxylation is 1. The lowest BCUT2D eigenvalue weighted by atomic mass is 10.2. The van der Waals surface area contributed by atoms with Gasteiger partial charge in [-0.05, 0) is 35.7 Å². The van der Waals surface area contributed by atoms with E-state index < -0.39 is 0 Å². The zero-order chi connectivity index (χ0) is 14.1. The van der Waals surface area contributed by atoms with Crippen LogP contribution in [0, 0.1) is 0 Å². The molecular weight excluding hydrogens is 274 g/mol. The molecule has 20 heavy (non-hydrogen) atoms. The number of rotatable bonds is 3. The maximum absolute atomic E-state index is 12.0. The van der Waals surface area contributed by atoms with Crippen LogP contribution in [0.3, 0.4) is 0 Å². The average molecular weight is 287 g/mol. The van der Waals surface area contributed by atoms with Crippen LogP contribution in [0.5, 0.6) is 0 Å². The molecule has 0 radical (unpaired) electrons. The van der Waals surface area contributed by atoms with Gasteiger partial charge in [-0.25, -0.2) is 4.79 Å². The van der Waals surface area contributed by atoms with Gasteiger partial charge in [-0.3, -0.25) is 4.68 Å². The van der Waals surface area contributed by atoms with Crippen LogP contribution >= 0.6 is 11.3 Å². The van der Waals surface area contributed by atoms with E-state index in [1.54, 1.807) is 10.7 Å². The molecule has 6 heteroatoms. The molecular formula is C14H13N3O2S. The fourth-order valence-corrected chi connectivity index (χ4v) is 2.85. The molecule has 0 saturated carbocycles. The van der Waals surface area contributed by atoms with E-state index in [9.17, 15) is 4.79 Å². The summed E-state index contributed by atoms with van der Waals surface area (Å²) in [4.78, 5) is 12.6. The fourth-order valence-electron chi connectivity index (χ4n) is 1.91. The number of carbonyl (C=O) groups excluding carboxylic acids is 1. The van der Waals surface area contributed by atoms with Gasteiger partial charge in [-0.15, -0.1) is 11.3 Å². The van der Waals surface area contributed by atoms with Crippen LogP contribution in [0.4, 0.5) is 5.69 Å². The summed E-state index contributed by atoms with van der Waals surface area (Å²) in [5.41, 5.74) is 7.14. The van der Waals surface area contributed by atoms with Gasteiger partial charge in [0.25, 0.3) is 0 Å². The SMILES string of the molecule is Cn1ccc(COC(=O)c2cc3cc(N)ccc3s2)n1. The summed E-state index contributed by atoms with van der Waals surface area (Å²) in [5.74, 6) is -0.338. The van der Waals surface area contributed by atoms with E-state index in [1.165, 1.54) is 11.3 Å². The van der Waals surface area contributed by atoms with Crippen molar-refractivity contribution in [2.24, 2.45) is 7.05 Å². The quantitative estimate of drug-likeness (QED) is 0.593. The number of fused-ring (bicyclic) bond motifs is 1. The van der Waals surface area contributed by atoms with Crippen molar-refractivity contribution in [1.82, 2.24) is 9.78 Å². The summed E-state index contributed by atoms with van der Waals surface area (Å²) in [6.45, 7) is 0.177. The van der Waals surface area contributed by atoms with E-state index in [0.717, 1.165) is 15.8 Å².